The van der Waals surface area contributed by atoms with Crippen molar-refractivity contribution in [3.63, 3.8) is 0 Å². The smallest absolute Gasteiger partial charge is 0.140 e. The van der Waals surface area contributed by atoms with Gasteiger partial charge in [-0.3, -0.25) is 0 Å². The number of hydrogen-bond acceptors (Lipinski definition) is 2. The van der Waals surface area contributed by atoms with Crippen LogP contribution in [0.2, 0.25) is 0 Å². The van der Waals surface area contributed by atoms with Gasteiger partial charge in [-0.15, -0.1) is 0 Å². The number of para-hydroxylation sites is 6. The Morgan fingerprint density at radius 2 is 0.981 bits per heavy atom. The van der Waals surface area contributed by atoms with E-state index in [0.717, 1.165) is 73.2 Å². The van der Waals surface area contributed by atoms with E-state index in [1.165, 1.54) is 21.8 Å². The lowest BCUT2D eigenvalue weighted by Crippen LogP contribution is -2.37. The van der Waals surface area contributed by atoms with Crippen LogP contribution in [0.25, 0.3) is 49.7 Å². The zero-order chi connectivity index (χ0) is 34.2. The number of benzene rings is 8. The van der Waals surface area contributed by atoms with Gasteiger partial charge in [0.15, 0.2) is 0 Å². The minimum absolute atomic E-state index is 0.678. The van der Waals surface area contributed by atoms with Crippen molar-refractivity contribution in [1.82, 2.24) is 4.57 Å². The van der Waals surface area contributed by atoms with Gasteiger partial charge in [-0.05, 0) is 47.5 Å². The molecule has 0 aliphatic carbocycles. The fraction of sp³-hybridized carbons (Fsp3) is 0.0204. The van der Waals surface area contributed by atoms with Crippen molar-refractivity contribution in [3.05, 3.63) is 210 Å². The second-order valence-electron chi connectivity index (χ2n) is 13.6. The summed E-state index contributed by atoms with van der Waals surface area (Å²) in [6.45, 7) is 0. The van der Waals surface area contributed by atoms with Gasteiger partial charge in [0.1, 0.15) is 23.0 Å². The molecule has 244 valence electrons. The third-order valence-electron chi connectivity index (χ3n) is 10.9. The van der Waals surface area contributed by atoms with Gasteiger partial charge in [0.25, 0.3) is 0 Å². The molecule has 1 aromatic heterocycles. The van der Waals surface area contributed by atoms with Gasteiger partial charge in [-0.1, -0.05) is 152 Å². The predicted molar refractivity (Wildman–Crippen MR) is 210 cm³/mol. The van der Waals surface area contributed by atoms with Crippen molar-refractivity contribution < 1.29 is 9.47 Å². The van der Waals surface area contributed by atoms with Crippen LogP contribution in [-0.4, -0.2) is 4.57 Å². The van der Waals surface area contributed by atoms with E-state index in [-0.39, 0.29) is 0 Å². The maximum Gasteiger partial charge on any atom is 0.140 e. The Balaban J connectivity index is 1.23. The largest absolute Gasteiger partial charge is 0.457 e. The molecule has 3 heteroatoms. The minimum atomic E-state index is -0.678. The molecule has 52 heavy (non-hydrogen) atoms. The number of nitrogens with zero attached hydrogens (tertiary/aromatic N) is 1. The molecule has 0 amide bonds. The Morgan fingerprint density at radius 3 is 1.77 bits per heavy atom. The van der Waals surface area contributed by atoms with Gasteiger partial charge in [-0.2, -0.15) is 0 Å². The lowest BCUT2D eigenvalue weighted by molar-refractivity contribution is 0.400. The summed E-state index contributed by atoms with van der Waals surface area (Å²) in [5.74, 6) is 3.40. The van der Waals surface area contributed by atoms with Crippen molar-refractivity contribution in [3.8, 4) is 50.9 Å². The number of hydrogen-bond donors (Lipinski definition) is 0. The number of rotatable bonds is 3. The summed E-state index contributed by atoms with van der Waals surface area (Å²) >= 11 is 0. The summed E-state index contributed by atoms with van der Waals surface area (Å²) in [4.78, 5) is 0. The Morgan fingerprint density at radius 1 is 0.385 bits per heavy atom. The lowest BCUT2D eigenvalue weighted by Gasteiger charge is -2.45. The molecule has 0 atom stereocenters. The van der Waals surface area contributed by atoms with E-state index in [9.17, 15) is 0 Å². The molecule has 2 aliphatic heterocycles. The second kappa shape index (κ2) is 11.1. The van der Waals surface area contributed by atoms with Crippen LogP contribution in [0.3, 0.4) is 0 Å². The first-order valence-corrected chi connectivity index (χ1v) is 17.8. The van der Waals surface area contributed by atoms with Gasteiger partial charge in [0.2, 0.25) is 0 Å². The van der Waals surface area contributed by atoms with Crippen LogP contribution < -0.4 is 9.47 Å². The van der Waals surface area contributed by atoms with Gasteiger partial charge >= 0.3 is 0 Å². The van der Waals surface area contributed by atoms with E-state index in [0.29, 0.717) is 0 Å². The van der Waals surface area contributed by atoms with Gasteiger partial charge < -0.3 is 14.0 Å². The molecule has 3 heterocycles. The highest BCUT2D eigenvalue weighted by atomic mass is 16.5. The Bertz CT molecular complexity index is 2810. The molecular weight excluding hydrogens is 635 g/mol. The molecule has 11 rings (SSSR count). The molecule has 0 bridgehead atoms. The fourth-order valence-corrected chi connectivity index (χ4v) is 8.80. The summed E-state index contributed by atoms with van der Waals surface area (Å²) in [6.07, 6.45) is 0. The third-order valence-corrected chi connectivity index (χ3v) is 10.9. The number of ether oxygens (including phenoxy) is 2. The van der Waals surface area contributed by atoms with E-state index in [1.54, 1.807) is 0 Å². The molecule has 1 spiro atoms. The summed E-state index contributed by atoms with van der Waals surface area (Å²) in [5.41, 5.74) is 11.6. The van der Waals surface area contributed by atoms with Crippen LogP contribution >= 0.6 is 0 Å². The van der Waals surface area contributed by atoms with Crippen molar-refractivity contribution >= 4 is 21.8 Å². The van der Waals surface area contributed by atoms with E-state index in [1.807, 2.05) is 0 Å². The van der Waals surface area contributed by atoms with Crippen molar-refractivity contribution in [2.45, 2.75) is 5.41 Å². The van der Waals surface area contributed by atoms with Gasteiger partial charge in [0, 0.05) is 49.8 Å². The monoisotopic (exact) mass is 665 g/mol. The molecule has 0 saturated carbocycles. The van der Waals surface area contributed by atoms with E-state index >= 15 is 0 Å². The van der Waals surface area contributed by atoms with Crippen LogP contribution in [0.15, 0.2) is 188 Å². The average Bonchev–Trinajstić information content (AvgIpc) is 3.56. The maximum absolute atomic E-state index is 7.22. The summed E-state index contributed by atoms with van der Waals surface area (Å²) < 4.78 is 16.3. The highest BCUT2D eigenvalue weighted by Gasteiger charge is 2.51. The van der Waals surface area contributed by atoms with Crippen molar-refractivity contribution in [2.75, 3.05) is 0 Å². The first kappa shape index (κ1) is 28.9. The maximum atomic E-state index is 7.22. The molecule has 0 unspecified atom stereocenters. The van der Waals surface area contributed by atoms with Crippen molar-refractivity contribution in [1.29, 1.82) is 0 Å². The Labute approximate surface area is 301 Å². The topological polar surface area (TPSA) is 23.4 Å². The number of aromatic nitrogens is 1. The first-order valence-electron chi connectivity index (χ1n) is 17.8. The highest BCUT2D eigenvalue weighted by Crippen LogP contribution is 2.63. The molecule has 3 nitrogen and oxygen atoms in total. The van der Waals surface area contributed by atoms with Crippen LogP contribution in [0.1, 0.15) is 22.3 Å². The molecular formula is C49H31NO2. The average molecular weight is 666 g/mol. The van der Waals surface area contributed by atoms with E-state index in [2.05, 4.69) is 193 Å². The summed E-state index contributed by atoms with van der Waals surface area (Å²) in [7, 11) is 0. The molecule has 0 fully saturated rings. The van der Waals surface area contributed by atoms with Crippen LogP contribution in [-0.2, 0) is 5.41 Å². The third kappa shape index (κ3) is 3.96. The normalized spacial score (nSPS) is 13.5. The zero-order valence-electron chi connectivity index (χ0n) is 28.2. The zero-order valence-corrected chi connectivity index (χ0v) is 28.2. The van der Waals surface area contributed by atoms with Crippen molar-refractivity contribution in [2.24, 2.45) is 0 Å². The predicted octanol–water partition coefficient (Wildman–Crippen LogP) is 12.7. The van der Waals surface area contributed by atoms with Crippen LogP contribution in [0.4, 0.5) is 0 Å². The molecule has 2 aliphatic rings. The number of fused-ring (bicyclic) bond motifs is 11. The quantitative estimate of drug-likeness (QED) is 0.187. The molecule has 0 N–H and O–H groups in total. The molecule has 0 saturated heterocycles. The van der Waals surface area contributed by atoms with E-state index in [4.69, 9.17) is 9.47 Å². The Hall–Kier alpha value is -6.84. The summed E-state index contributed by atoms with van der Waals surface area (Å²) in [6, 6.07) is 66.9. The Kier molecular flexibility index (Phi) is 6.17. The first-order chi connectivity index (χ1) is 25.8. The van der Waals surface area contributed by atoms with Crippen LogP contribution in [0.5, 0.6) is 23.0 Å². The van der Waals surface area contributed by atoms with Crippen LogP contribution in [0, 0.1) is 0 Å². The van der Waals surface area contributed by atoms with E-state index < -0.39 is 5.41 Å². The SMILES string of the molecule is c1ccc(-c2cccc3c2Oc2cc(-c4cccc5c6ccccc6n(-c6ccccc6)c45)ccc2C32c3ccccc3Oc3ccccc32)cc1. The lowest BCUT2D eigenvalue weighted by atomic mass is 9.62. The molecule has 0 radical (unpaired) electrons. The summed E-state index contributed by atoms with van der Waals surface area (Å²) in [5, 5.41) is 2.45. The minimum Gasteiger partial charge on any atom is -0.457 e. The standard InChI is InChI=1S/C49H31NO2/c1-3-15-32(16-4-1)36-21-14-25-42-48(36)52-46-31-33(29-30-41(46)49(42)39-23-8-11-27-44(39)51-45-28-12-9-24-40(45)49)35-20-13-22-38-37-19-7-10-26-43(37)50(47(35)38)34-17-5-2-6-18-34/h1-31H. The fourth-order valence-electron chi connectivity index (χ4n) is 8.80. The second-order valence-corrected chi connectivity index (χ2v) is 13.6. The highest BCUT2D eigenvalue weighted by molar-refractivity contribution is 6.13. The van der Waals surface area contributed by atoms with Gasteiger partial charge in [0.05, 0.1) is 16.4 Å². The molecule has 8 aromatic carbocycles. The molecule has 9 aromatic rings. The van der Waals surface area contributed by atoms with Gasteiger partial charge in [-0.25, -0.2) is 0 Å².